The standard InChI is InChI=1S/C18H18BrFN2O2/c1-11(2)16(18(24)21-15-6-4-3-5-14(15)20)22-17(23)12-7-9-13(19)10-8-12/h3-11,16H,1-2H3,(H,21,24)(H,22,23)/t16-/m1/s1. The Labute approximate surface area is 148 Å². The molecule has 0 aromatic heterocycles. The fraction of sp³-hybridized carbons (Fsp3) is 0.222. The van der Waals surface area contributed by atoms with E-state index in [1.165, 1.54) is 12.1 Å². The average molecular weight is 393 g/mol. The Morgan fingerprint density at radius 3 is 2.25 bits per heavy atom. The largest absolute Gasteiger partial charge is 0.340 e. The summed E-state index contributed by atoms with van der Waals surface area (Å²) in [5, 5.41) is 5.22. The van der Waals surface area contributed by atoms with Crippen molar-refractivity contribution >= 4 is 33.4 Å². The average Bonchev–Trinajstić information content (AvgIpc) is 2.54. The van der Waals surface area contributed by atoms with Crippen molar-refractivity contribution < 1.29 is 14.0 Å². The zero-order valence-corrected chi connectivity index (χ0v) is 14.9. The topological polar surface area (TPSA) is 58.2 Å². The Morgan fingerprint density at radius 1 is 1.04 bits per heavy atom. The van der Waals surface area contributed by atoms with Gasteiger partial charge in [-0.1, -0.05) is 41.9 Å². The van der Waals surface area contributed by atoms with Gasteiger partial charge in [-0.25, -0.2) is 4.39 Å². The zero-order chi connectivity index (χ0) is 17.7. The van der Waals surface area contributed by atoms with E-state index in [1.807, 2.05) is 13.8 Å². The van der Waals surface area contributed by atoms with Crippen LogP contribution in [0.2, 0.25) is 0 Å². The molecule has 0 heterocycles. The highest BCUT2D eigenvalue weighted by Gasteiger charge is 2.25. The maximum Gasteiger partial charge on any atom is 0.251 e. The molecule has 24 heavy (non-hydrogen) atoms. The summed E-state index contributed by atoms with van der Waals surface area (Å²) in [5.41, 5.74) is 0.536. The van der Waals surface area contributed by atoms with Gasteiger partial charge < -0.3 is 10.6 Å². The molecule has 2 aromatic carbocycles. The van der Waals surface area contributed by atoms with Gasteiger partial charge in [-0.2, -0.15) is 0 Å². The number of amides is 2. The number of carbonyl (C=O) groups excluding carboxylic acids is 2. The van der Waals surface area contributed by atoms with E-state index in [9.17, 15) is 14.0 Å². The molecule has 2 amide bonds. The van der Waals surface area contributed by atoms with Gasteiger partial charge in [0.05, 0.1) is 5.69 Å². The lowest BCUT2D eigenvalue weighted by Crippen LogP contribution is -2.47. The summed E-state index contributed by atoms with van der Waals surface area (Å²) in [6.45, 7) is 3.63. The number of benzene rings is 2. The summed E-state index contributed by atoms with van der Waals surface area (Å²) in [5.74, 6) is -1.49. The van der Waals surface area contributed by atoms with E-state index >= 15 is 0 Å². The second-order valence-corrected chi connectivity index (χ2v) is 6.59. The number of anilines is 1. The number of hydrogen-bond donors (Lipinski definition) is 2. The van der Waals surface area contributed by atoms with Crippen molar-refractivity contribution in [3.05, 3.63) is 64.4 Å². The van der Waals surface area contributed by atoms with Gasteiger partial charge in [-0.3, -0.25) is 9.59 Å². The summed E-state index contributed by atoms with van der Waals surface area (Å²) in [6.07, 6.45) is 0. The van der Waals surface area contributed by atoms with Crippen LogP contribution in [0.15, 0.2) is 53.0 Å². The number of hydrogen-bond acceptors (Lipinski definition) is 2. The van der Waals surface area contributed by atoms with E-state index < -0.39 is 17.8 Å². The van der Waals surface area contributed by atoms with Crippen molar-refractivity contribution in [3.8, 4) is 0 Å². The zero-order valence-electron chi connectivity index (χ0n) is 13.3. The maximum atomic E-state index is 13.7. The third-order valence-corrected chi connectivity index (χ3v) is 4.00. The number of rotatable bonds is 5. The molecule has 0 spiro atoms. The van der Waals surface area contributed by atoms with Gasteiger partial charge in [0, 0.05) is 10.0 Å². The molecular formula is C18H18BrFN2O2. The quantitative estimate of drug-likeness (QED) is 0.808. The normalized spacial score (nSPS) is 11.9. The Morgan fingerprint density at radius 2 is 1.67 bits per heavy atom. The van der Waals surface area contributed by atoms with Gasteiger partial charge in [0.15, 0.2) is 0 Å². The molecule has 0 radical (unpaired) electrons. The van der Waals surface area contributed by atoms with E-state index in [0.717, 1.165) is 4.47 Å². The third kappa shape index (κ3) is 4.64. The molecule has 2 aromatic rings. The summed E-state index contributed by atoms with van der Waals surface area (Å²) in [7, 11) is 0. The summed E-state index contributed by atoms with van der Waals surface area (Å²) >= 11 is 3.30. The van der Waals surface area contributed by atoms with Gasteiger partial charge in [-0.15, -0.1) is 0 Å². The molecule has 2 N–H and O–H groups in total. The monoisotopic (exact) mass is 392 g/mol. The van der Waals surface area contributed by atoms with Crippen molar-refractivity contribution in [2.24, 2.45) is 5.92 Å². The molecule has 0 saturated carbocycles. The molecule has 4 nitrogen and oxygen atoms in total. The molecule has 2 rings (SSSR count). The Kier molecular flexibility index (Phi) is 6.09. The Bertz CT molecular complexity index is 732. The van der Waals surface area contributed by atoms with Crippen molar-refractivity contribution in [2.75, 3.05) is 5.32 Å². The Hall–Kier alpha value is -2.21. The number of carbonyl (C=O) groups is 2. The van der Waals surface area contributed by atoms with Crippen LogP contribution in [0, 0.1) is 11.7 Å². The first kappa shape index (κ1) is 18.1. The first-order chi connectivity index (χ1) is 11.4. The third-order valence-electron chi connectivity index (χ3n) is 3.47. The van der Waals surface area contributed by atoms with Crippen LogP contribution in [-0.2, 0) is 4.79 Å². The molecule has 6 heteroatoms. The van der Waals surface area contributed by atoms with Crippen molar-refractivity contribution in [3.63, 3.8) is 0 Å². The molecule has 126 valence electrons. The predicted octanol–water partition coefficient (Wildman–Crippen LogP) is 3.98. The highest BCUT2D eigenvalue weighted by atomic mass is 79.9. The Balaban J connectivity index is 2.11. The SMILES string of the molecule is CC(C)[C@@H](NC(=O)c1ccc(Br)cc1)C(=O)Nc1ccccc1F. The summed E-state index contributed by atoms with van der Waals surface area (Å²) in [4.78, 5) is 24.7. The smallest absolute Gasteiger partial charge is 0.251 e. The van der Waals surface area contributed by atoms with Gasteiger partial charge in [0.2, 0.25) is 5.91 Å². The number of para-hydroxylation sites is 1. The molecule has 0 aliphatic carbocycles. The van der Waals surface area contributed by atoms with E-state index in [4.69, 9.17) is 0 Å². The lowest BCUT2D eigenvalue weighted by atomic mass is 10.0. The molecule has 0 saturated heterocycles. The molecule has 0 fully saturated rings. The number of nitrogens with one attached hydrogen (secondary N) is 2. The van der Waals surface area contributed by atoms with E-state index in [-0.39, 0.29) is 17.5 Å². The van der Waals surface area contributed by atoms with Crippen LogP contribution in [0.1, 0.15) is 24.2 Å². The molecule has 0 aliphatic heterocycles. The molecule has 0 bridgehead atoms. The minimum absolute atomic E-state index is 0.0889. The van der Waals surface area contributed by atoms with Crippen LogP contribution in [-0.4, -0.2) is 17.9 Å². The minimum Gasteiger partial charge on any atom is -0.340 e. The van der Waals surface area contributed by atoms with Crippen molar-refractivity contribution in [1.82, 2.24) is 5.32 Å². The summed E-state index contributed by atoms with van der Waals surface area (Å²) in [6, 6.07) is 11.9. The molecule has 0 aliphatic rings. The molecule has 0 unspecified atom stereocenters. The maximum absolute atomic E-state index is 13.7. The lowest BCUT2D eigenvalue weighted by molar-refractivity contribution is -0.118. The van der Waals surface area contributed by atoms with Gasteiger partial charge in [0.1, 0.15) is 11.9 Å². The fourth-order valence-corrected chi connectivity index (χ4v) is 2.40. The van der Waals surface area contributed by atoms with E-state index in [0.29, 0.717) is 5.56 Å². The second kappa shape index (κ2) is 8.06. The van der Waals surface area contributed by atoms with Gasteiger partial charge in [0.25, 0.3) is 5.91 Å². The van der Waals surface area contributed by atoms with Crippen LogP contribution in [0.4, 0.5) is 10.1 Å². The first-order valence-corrected chi connectivity index (χ1v) is 8.29. The van der Waals surface area contributed by atoms with Crippen LogP contribution >= 0.6 is 15.9 Å². The van der Waals surface area contributed by atoms with Crippen LogP contribution < -0.4 is 10.6 Å². The fourth-order valence-electron chi connectivity index (χ4n) is 2.13. The van der Waals surface area contributed by atoms with Crippen molar-refractivity contribution in [1.29, 1.82) is 0 Å². The van der Waals surface area contributed by atoms with E-state index in [1.54, 1.807) is 36.4 Å². The first-order valence-electron chi connectivity index (χ1n) is 7.50. The molecule has 1 atom stereocenters. The van der Waals surface area contributed by atoms with E-state index in [2.05, 4.69) is 26.6 Å². The highest BCUT2D eigenvalue weighted by Crippen LogP contribution is 2.15. The highest BCUT2D eigenvalue weighted by molar-refractivity contribution is 9.10. The summed E-state index contributed by atoms with van der Waals surface area (Å²) < 4.78 is 14.5. The van der Waals surface area contributed by atoms with Crippen LogP contribution in [0.25, 0.3) is 0 Å². The van der Waals surface area contributed by atoms with Crippen LogP contribution in [0.5, 0.6) is 0 Å². The predicted molar refractivity (Wildman–Crippen MR) is 95.3 cm³/mol. The van der Waals surface area contributed by atoms with Crippen LogP contribution in [0.3, 0.4) is 0 Å². The number of halogens is 2. The minimum atomic E-state index is -0.777. The van der Waals surface area contributed by atoms with Gasteiger partial charge >= 0.3 is 0 Å². The lowest BCUT2D eigenvalue weighted by Gasteiger charge is -2.22. The second-order valence-electron chi connectivity index (χ2n) is 5.67. The molecular weight excluding hydrogens is 375 g/mol. The van der Waals surface area contributed by atoms with Gasteiger partial charge in [-0.05, 0) is 42.3 Å². The van der Waals surface area contributed by atoms with Crippen molar-refractivity contribution in [2.45, 2.75) is 19.9 Å².